The van der Waals surface area contributed by atoms with Crippen LogP contribution in [-0.2, 0) is 4.79 Å². The van der Waals surface area contributed by atoms with Crippen LogP contribution in [0.1, 0.15) is 35.3 Å². The molecular formula is C12H13NO3S. The Labute approximate surface area is 104 Å². The number of carbonyl (C=O) groups excluding carboxylic acids is 1. The van der Waals surface area contributed by atoms with E-state index in [4.69, 9.17) is 5.11 Å². The number of aromatic carboxylic acids is 1. The molecular weight excluding hydrogens is 238 g/mol. The molecule has 0 aliphatic carbocycles. The average Bonchev–Trinajstić information content (AvgIpc) is 2.58. The van der Waals surface area contributed by atoms with Gasteiger partial charge in [0.25, 0.3) is 0 Å². The van der Waals surface area contributed by atoms with E-state index in [-0.39, 0.29) is 16.0 Å². The fourth-order valence-electron chi connectivity index (χ4n) is 1.03. The highest BCUT2D eigenvalue weighted by molar-refractivity contribution is 7.15. The highest BCUT2D eigenvalue weighted by Crippen LogP contribution is 2.26. The van der Waals surface area contributed by atoms with Gasteiger partial charge in [-0.2, -0.15) is 0 Å². The van der Waals surface area contributed by atoms with Gasteiger partial charge < -0.3 is 10.4 Å². The molecule has 0 bridgehead atoms. The number of hydrogen-bond acceptors (Lipinski definition) is 3. The van der Waals surface area contributed by atoms with Crippen LogP contribution in [0.2, 0.25) is 0 Å². The molecule has 5 heteroatoms. The summed E-state index contributed by atoms with van der Waals surface area (Å²) in [4.78, 5) is 22.0. The number of rotatable bonds is 3. The standard InChI is InChI=1S/C12H13NO3S/c1-12(2,3)5-4-8-6-9(13-7-14)10(17-8)11(15)16/h6-7H,1-3H3,(H,13,14)(H,15,16). The van der Waals surface area contributed by atoms with Crippen LogP contribution in [0.5, 0.6) is 0 Å². The van der Waals surface area contributed by atoms with Crippen LogP contribution in [0.3, 0.4) is 0 Å². The van der Waals surface area contributed by atoms with Crippen molar-refractivity contribution in [2.45, 2.75) is 20.8 Å². The van der Waals surface area contributed by atoms with Crippen LogP contribution in [0.25, 0.3) is 0 Å². The number of carboxylic acids is 1. The minimum Gasteiger partial charge on any atom is -0.477 e. The summed E-state index contributed by atoms with van der Waals surface area (Å²) in [5, 5.41) is 11.3. The monoisotopic (exact) mass is 251 g/mol. The third-order valence-corrected chi connectivity index (χ3v) is 2.74. The van der Waals surface area contributed by atoms with Gasteiger partial charge in [0.1, 0.15) is 4.88 Å². The van der Waals surface area contributed by atoms with Crippen molar-refractivity contribution in [1.29, 1.82) is 0 Å². The number of carboxylic acid groups (broad SMARTS) is 1. The van der Waals surface area contributed by atoms with Crippen LogP contribution in [0.15, 0.2) is 6.07 Å². The van der Waals surface area contributed by atoms with E-state index < -0.39 is 5.97 Å². The van der Waals surface area contributed by atoms with Crippen molar-refractivity contribution in [3.8, 4) is 11.8 Å². The third-order valence-electron chi connectivity index (χ3n) is 1.70. The smallest absolute Gasteiger partial charge is 0.348 e. The molecule has 17 heavy (non-hydrogen) atoms. The average molecular weight is 251 g/mol. The van der Waals surface area contributed by atoms with E-state index >= 15 is 0 Å². The quantitative estimate of drug-likeness (QED) is 0.640. The van der Waals surface area contributed by atoms with Gasteiger partial charge in [-0.05, 0) is 26.8 Å². The molecule has 90 valence electrons. The van der Waals surface area contributed by atoms with E-state index in [1.165, 1.54) is 0 Å². The van der Waals surface area contributed by atoms with Crippen molar-refractivity contribution >= 4 is 29.4 Å². The molecule has 0 saturated carbocycles. The summed E-state index contributed by atoms with van der Waals surface area (Å²) < 4.78 is 0. The zero-order chi connectivity index (χ0) is 13.1. The number of anilines is 1. The molecule has 1 rings (SSSR count). The van der Waals surface area contributed by atoms with E-state index in [9.17, 15) is 9.59 Å². The van der Waals surface area contributed by atoms with Crippen LogP contribution < -0.4 is 5.32 Å². The summed E-state index contributed by atoms with van der Waals surface area (Å²) >= 11 is 1.05. The Bertz CT molecular complexity index is 500. The maximum absolute atomic E-state index is 10.9. The van der Waals surface area contributed by atoms with E-state index in [1.54, 1.807) is 6.07 Å². The summed E-state index contributed by atoms with van der Waals surface area (Å²) in [7, 11) is 0. The van der Waals surface area contributed by atoms with Gasteiger partial charge in [0.05, 0.1) is 10.6 Å². The maximum atomic E-state index is 10.9. The number of nitrogens with one attached hydrogen (secondary N) is 1. The SMILES string of the molecule is CC(C)(C)C#Cc1cc(NC=O)c(C(=O)O)s1. The highest BCUT2D eigenvalue weighted by Gasteiger charge is 2.14. The Balaban J connectivity index is 3.11. The molecule has 0 fully saturated rings. The summed E-state index contributed by atoms with van der Waals surface area (Å²) in [6.45, 7) is 5.91. The predicted octanol–water partition coefficient (Wildman–Crippen LogP) is 2.41. The molecule has 1 heterocycles. The Morgan fingerprint density at radius 1 is 1.53 bits per heavy atom. The molecule has 1 aromatic rings. The van der Waals surface area contributed by atoms with Crippen LogP contribution in [-0.4, -0.2) is 17.5 Å². The lowest BCUT2D eigenvalue weighted by Gasteiger charge is -2.06. The summed E-state index contributed by atoms with van der Waals surface area (Å²) in [5.74, 6) is 4.85. The van der Waals surface area contributed by atoms with Gasteiger partial charge in [0, 0.05) is 5.41 Å². The molecule has 1 aromatic heterocycles. The molecule has 0 atom stereocenters. The lowest BCUT2D eigenvalue weighted by Crippen LogP contribution is -2.00. The second kappa shape index (κ2) is 5.02. The Hall–Kier alpha value is -1.80. The van der Waals surface area contributed by atoms with Crippen molar-refractivity contribution in [3.05, 3.63) is 15.8 Å². The minimum absolute atomic E-state index is 0.0929. The second-order valence-corrected chi connectivity index (χ2v) is 5.47. The topological polar surface area (TPSA) is 66.4 Å². The lowest BCUT2D eigenvalue weighted by molar-refractivity contribution is -0.105. The number of carbonyl (C=O) groups is 2. The molecule has 2 N–H and O–H groups in total. The molecule has 4 nitrogen and oxygen atoms in total. The second-order valence-electron chi connectivity index (χ2n) is 4.42. The van der Waals surface area contributed by atoms with Gasteiger partial charge in [0.15, 0.2) is 0 Å². The molecule has 0 spiro atoms. The maximum Gasteiger partial charge on any atom is 0.348 e. The van der Waals surface area contributed by atoms with Crippen molar-refractivity contribution in [3.63, 3.8) is 0 Å². The fourth-order valence-corrected chi connectivity index (χ4v) is 1.85. The first-order valence-electron chi connectivity index (χ1n) is 4.94. The molecule has 0 saturated heterocycles. The third kappa shape index (κ3) is 3.93. The van der Waals surface area contributed by atoms with E-state index in [0.717, 1.165) is 11.3 Å². The van der Waals surface area contributed by atoms with Gasteiger partial charge >= 0.3 is 5.97 Å². The zero-order valence-electron chi connectivity index (χ0n) is 9.83. The van der Waals surface area contributed by atoms with Gasteiger partial charge in [-0.25, -0.2) is 4.79 Å². The van der Waals surface area contributed by atoms with Crippen molar-refractivity contribution < 1.29 is 14.7 Å². The van der Waals surface area contributed by atoms with Gasteiger partial charge in [-0.1, -0.05) is 11.8 Å². The molecule has 0 unspecified atom stereocenters. The fraction of sp³-hybridized carbons (Fsp3) is 0.333. The first-order valence-corrected chi connectivity index (χ1v) is 5.75. The zero-order valence-corrected chi connectivity index (χ0v) is 10.6. The summed E-state index contributed by atoms with van der Waals surface area (Å²) in [6, 6.07) is 1.57. The molecule has 0 aromatic carbocycles. The van der Waals surface area contributed by atoms with Crippen molar-refractivity contribution in [2.75, 3.05) is 5.32 Å². The van der Waals surface area contributed by atoms with Crippen molar-refractivity contribution in [1.82, 2.24) is 0 Å². The van der Waals surface area contributed by atoms with E-state index in [0.29, 0.717) is 11.3 Å². The first-order chi connectivity index (χ1) is 7.83. The summed E-state index contributed by atoms with van der Waals surface area (Å²) in [5.41, 5.74) is 0.140. The van der Waals surface area contributed by atoms with E-state index in [2.05, 4.69) is 17.2 Å². The normalized spacial score (nSPS) is 10.3. The number of hydrogen-bond donors (Lipinski definition) is 2. The number of thiophene rings is 1. The molecule has 1 amide bonds. The van der Waals surface area contributed by atoms with Gasteiger partial charge in [-0.15, -0.1) is 11.3 Å². The van der Waals surface area contributed by atoms with E-state index in [1.807, 2.05) is 20.8 Å². The Kier molecular flexibility index (Phi) is 3.92. The number of amides is 1. The predicted molar refractivity (Wildman–Crippen MR) is 67.3 cm³/mol. The molecule has 0 radical (unpaired) electrons. The first kappa shape index (κ1) is 13.3. The molecule has 0 aliphatic heterocycles. The van der Waals surface area contributed by atoms with Gasteiger partial charge in [-0.3, -0.25) is 4.79 Å². The van der Waals surface area contributed by atoms with Crippen molar-refractivity contribution in [2.24, 2.45) is 5.41 Å². The minimum atomic E-state index is -1.07. The van der Waals surface area contributed by atoms with Gasteiger partial charge in [0.2, 0.25) is 6.41 Å². The highest BCUT2D eigenvalue weighted by atomic mass is 32.1. The Morgan fingerprint density at radius 2 is 2.18 bits per heavy atom. The summed E-state index contributed by atoms with van der Waals surface area (Å²) in [6.07, 6.45) is 0.454. The van der Waals surface area contributed by atoms with Crippen LogP contribution in [0.4, 0.5) is 5.69 Å². The molecule has 0 aliphatic rings. The van der Waals surface area contributed by atoms with Crippen LogP contribution >= 0.6 is 11.3 Å². The largest absolute Gasteiger partial charge is 0.477 e. The Morgan fingerprint density at radius 3 is 2.65 bits per heavy atom. The lowest BCUT2D eigenvalue weighted by atomic mass is 9.98. The van der Waals surface area contributed by atoms with Crippen LogP contribution in [0, 0.1) is 17.3 Å².